The summed E-state index contributed by atoms with van der Waals surface area (Å²) >= 11 is 0. The van der Waals surface area contributed by atoms with Crippen LogP contribution in [0.1, 0.15) is 303 Å². The standard InChI is InChI=1S/C67H123NO8/c1-6-8-10-12-14-16-18-20-22-24-26-28-29-30-31-32-33-34-35-36-38-39-41-43-45-47-49-51-53-55-57-64(69)74-61-63(62-75-67(66(71)72)73-60-59-68(3,4)5)76-65(70)58-56-54-52-50-48-46-44-42-40-37-27-25-23-21-19-17-15-13-11-9-7-2/h9,11,15,17,21,23,27,37,63,67H,6-8,10,12-14,16,18-20,22,24-26,28-36,38-62H2,1-5H3/p+1/b11-9-,17-15-,23-21-,37-27-. The maximum atomic E-state index is 12.9. The Hall–Kier alpha value is -2.75. The highest BCUT2D eigenvalue weighted by Gasteiger charge is 2.25. The number of nitrogens with zero attached hydrogens (tertiary/aromatic N) is 1. The molecule has 0 bridgehead atoms. The van der Waals surface area contributed by atoms with Crippen molar-refractivity contribution in [2.24, 2.45) is 0 Å². The molecule has 0 saturated heterocycles. The predicted octanol–water partition coefficient (Wildman–Crippen LogP) is 19.4. The first kappa shape index (κ1) is 73.2. The summed E-state index contributed by atoms with van der Waals surface area (Å²) in [6.45, 7) is 4.80. The van der Waals surface area contributed by atoms with E-state index in [1.165, 1.54) is 199 Å². The quantitative estimate of drug-likeness (QED) is 0.0211. The summed E-state index contributed by atoms with van der Waals surface area (Å²) in [5.74, 6) is -2.00. The first-order valence-electron chi connectivity index (χ1n) is 32.3. The van der Waals surface area contributed by atoms with E-state index in [0.29, 0.717) is 23.9 Å². The van der Waals surface area contributed by atoms with Gasteiger partial charge in [0, 0.05) is 12.8 Å². The molecule has 0 aliphatic carbocycles. The van der Waals surface area contributed by atoms with E-state index in [4.69, 9.17) is 18.9 Å². The summed E-state index contributed by atoms with van der Waals surface area (Å²) in [5, 5.41) is 9.72. The molecule has 2 atom stereocenters. The van der Waals surface area contributed by atoms with Gasteiger partial charge in [0.05, 0.1) is 34.4 Å². The molecule has 0 saturated carbocycles. The first-order valence-corrected chi connectivity index (χ1v) is 32.3. The maximum Gasteiger partial charge on any atom is 0.361 e. The Morgan fingerprint density at radius 3 is 1.12 bits per heavy atom. The van der Waals surface area contributed by atoms with Gasteiger partial charge in [0.1, 0.15) is 13.2 Å². The van der Waals surface area contributed by atoms with E-state index >= 15 is 0 Å². The van der Waals surface area contributed by atoms with Crippen LogP contribution in [0.2, 0.25) is 0 Å². The maximum absolute atomic E-state index is 12.9. The zero-order valence-electron chi connectivity index (χ0n) is 50.7. The summed E-state index contributed by atoms with van der Waals surface area (Å²) in [7, 11) is 5.97. The molecule has 1 N–H and O–H groups in total. The number of carboxylic acid groups (broad SMARTS) is 1. The largest absolute Gasteiger partial charge is 0.477 e. The highest BCUT2D eigenvalue weighted by molar-refractivity contribution is 5.71. The smallest absolute Gasteiger partial charge is 0.361 e. The van der Waals surface area contributed by atoms with E-state index in [9.17, 15) is 19.5 Å². The number of likely N-dealkylation sites (N-methyl/N-ethyl adjacent to an activating group) is 1. The third-order valence-corrected chi connectivity index (χ3v) is 14.3. The number of quaternary nitrogens is 1. The summed E-state index contributed by atoms with van der Waals surface area (Å²) < 4.78 is 22.9. The van der Waals surface area contributed by atoms with Gasteiger partial charge in [-0.2, -0.15) is 0 Å². The number of aliphatic carboxylic acids is 1. The molecule has 2 unspecified atom stereocenters. The third kappa shape index (κ3) is 58.9. The Morgan fingerprint density at radius 2 is 0.750 bits per heavy atom. The van der Waals surface area contributed by atoms with Gasteiger partial charge < -0.3 is 28.5 Å². The van der Waals surface area contributed by atoms with Gasteiger partial charge in [-0.1, -0.05) is 287 Å². The van der Waals surface area contributed by atoms with Crippen molar-refractivity contribution < 1.29 is 42.9 Å². The number of carbonyl (C=O) groups excluding carboxylic acids is 2. The number of rotatable bonds is 60. The molecular weight excluding hydrogens is 947 g/mol. The average Bonchev–Trinajstić information content (AvgIpc) is 3.39. The van der Waals surface area contributed by atoms with Crippen LogP contribution in [-0.4, -0.2) is 87.4 Å². The van der Waals surface area contributed by atoms with Crippen molar-refractivity contribution in [1.29, 1.82) is 0 Å². The second-order valence-electron chi connectivity index (χ2n) is 23.1. The second kappa shape index (κ2) is 58.4. The number of hydrogen-bond acceptors (Lipinski definition) is 7. The number of esters is 2. The summed E-state index contributed by atoms with van der Waals surface area (Å²) in [6.07, 6.45) is 70.7. The highest BCUT2D eigenvalue weighted by Crippen LogP contribution is 2.18. The van der Waals surface area contributed by atoms with E-state index in [1.807, 2.05) is 21.1 Å². The Morgan fingerprint density at radius 1 is 0.408 bits per heavy atom. The molecule has 0 aromatic rings. The number of ether oxygens (including phenoxy) is 4. The number of carboxylic acids is 1. The van der Waals surface area contributed by atoms with E-state index < -0.39 is 24.3 Å². The fraction of sp³-hybridized carbons (Fsp3) is 0.836. The zero-order chi connectivity index (χ0) is 55.5. The number of allylic oxidation sites excluding steroid dienone is 8. The SMILES string of the molecule is CC/C=C\C/C=C\C/C=C\C/C=C\CCCCCCCCCCC(=O)OC(COC(=O)CCCCCCCCCCCCCCCCCCCCCCCCCCCCCCCC)COC(OCC[N+](C)(C)C)C(=O)O. The van der Waals surface area contributed by atoms with Crippen LogP contribution in [0.25, 0.3) is 0 Å². The second-order valence-corrected chi connectivity index (χ2v) is 23.1. The Balaban J connectivity index is 4.11. The third-order valence-electron chi connectivity index (χ3n) is 14.3. The average molecular weight is 1070 g/mol. The van der Waals surface area contributed by atoms with Crippen molar-refractivity contribution >= 4 is 17.9 Å². The normalized spacial score (nSPS) is 13.0. The zero-order valence-corrected chi connectivity index (χ0v) is 50.7. The van der Waals surface area contributed by atoms with Crippen LogP contribution < -0.4 is 0 Å². The van der Waals surface area contributed by atoms with Gasteiger partial charge in [0.25, 0.3) is 6.29 Å². The van der Waals surface area contributed by atoms with Crippen LogP contribution in [0.4, 0.5) is 0 Å². The monoisotopic (exact) mass is 1070 g/mol. The minimum Gasteiger partial charge on any atom is -0.477 e. The molecule has 0 spiro atoms. The van der Waals surface area contributed by atoms with Crippen molar-refractivity contribution in [2.75, 3.05) is 47.5 Å². The summed E-state index contributed by atoms with van der Waals surface area (Å²) in [5.41, 5.74) is 0. The van der Waals surface area contributed by atoms with Gasteiger partial charge in [0.15, 0.2) is 6.10 Å². The van der Waals surface area contributed by atoms with Gasteiger partial charge in [-0.25, -0.2) is 4.79 Å². The first-order chi connectivity index (χ1) is 37.1. The molecule has 0 amide bonds. The Bertz CT molecular complexity index is 1380. The number of carbonyl (C=O) groups is 3. The van der Waals surface area contributed by atoms with E-state index in [2.05, 4.69) is 62.5 Å². The molecule has 76 heavy (non-hydrogen) atoms. The topological polar surface area (TPSA) is 108 Å². The van der Waals surface area contributed by atoms with Crippen LogP contribution >= 0.6 is 0 Å². The molecule has 0 aliphatic rings. The van der Waals surface area contributed by atoms with E-state index in [1.54, 1.807) is 0 Å². The van der Waals surface area contributed by atoms with Crippen molar-refractivity contribution in [3.63, 3.8) is 0 Å². The Labute approximate surface area is 470 Å². The van der Waals surface area contributed by atoms with Gasteiger partial charge in [0.2, 0.25) is 0 Å². The molecule has 0 aromatic carbocycles. The lowest BCUT2D eigenvalue weighted by molar-refractivity contribution is -0.870. The lowest BCUT2D eigenvalue weighted by atomic mass is 10.0. The van der Waals surface area contributed by atoms with Crippen LogP contribution in [0.3, 0.4) is 0 Å². The van der Waals surface area contributed by atoms with Gasteiger partial charge >= 0.3 is 17.9 Å². The van der Waals surface area contributed by atoms with Gasteiger partial charge in [-0.3, -0.25) is 9.59 Å². The minimum atomic E-state index is -1.51. The molecule has 444 valence electrons. The van der Waals surface area contributed by atoms with Crippen LogP contribution in [0.15, 0.2) is 48.6 Å². The van der Waals surface area contributed by atoms with Crippen LogP contribution in [0.5, 0.6) is 0 Å². The lowest BCUT2D eigenvalue weighted by Gasteiger charge is -2.25. The minimum absolute atomic E-state index is 0.183. The molecule has 0 fully saturated rings. The molecular formula is C67H124NO8+. The molecule has 0 heterocycles. The molecule has 9 nitrogen and oxygen atoms in total. The van der Waals surface area contributed by atoms with Crippen molar-refractivity contribution in [2.45, 2.75) is 315 Å². The molecule has 0 aliphatic heterocycles. The molecule has 0 radical (unpaired) electrons. The number of unbranched alkanes of at least 4 members (excludes halogenated alkanes) is 37. The van der Waals surface area contributed by atoms with Crippen molar-refractivity contribution in [3.05, 3.63) is 48.6 Å². The van der Waals surface area contributed by atoms with Crippen LogP contribution in [-0.2, 0) is 33.3 Å². The Kier molecular flexibility index (Phi) is 56.3. The van der Waals surface area contributed by atoms with Crippen molar-refractivity contribution in [1.82, 2.24) is 0 Å². The van der Waals surface area contributed by atoms with Gasteiger partial charge in [-0.05, 0) is 51.4 Å². The van der Waals surface area contributed by atoms with Crippen LogP contribution in [0, 0.1) is 0 Å². The fourth-order valence-corrected chi connectivity index (χ4v) is 9.42. The van der Waals surface area contributed by atoms with Gasteiger partial charge in [-0.15, -0.1) is 0 Å². The molecule has 0 rings (SSSR count). The lowest BCUT2D eigenvalue weighted by Crippen LogP contribution is -2.40. The van der Waals surface area contributed by atoms with E-state index in [-0.39, 0.29) is 32.2 Å². The summed E-state index contributed by atoms with van der Waals surface area (Å²) in [6, 6.07) is 0. The van der Waals surface area contributed by atoms with E-state index in [0.717, 1.165) is 70.6 Å². The predicted molar refractivity (Wildman–Crippen MR) is 323 cm³/mol. The highest BCUT2D eigenvalue weighted by atomic mass is 16.7. The molecule has 9 heteroatoms. The van der Waals surface area contributed by atoms with Crippen molar-refractivity contribution in [3.8, 4) is 0 Å². The fourth-order valence-electron chi connectivity index (χ4n) is 9.42. The number of hydrogen-bond donors (Lipinski definition) is 1. The molecule has 0 aromatic heterocycles. The summed E-state index contributed by atoms with van der Waals surface area (Å²) in [4.78, 5) is 37.5.